The van der Waals surface area contributed by atoms with E-state index in [2.05, 4.69) is 4.36 Å². The van der Waals surface area contributed by atoms with Crippen molar-refractivity contribution in [3.05, 3.63) is 29.3 Å². The maximum absolute atomic E-state index is 12.3. The van der Waals surface area contributed by atoms with Crippen LogP contribution in [0, 0.1) is 0 Å². The zero-order valence-electron chi connectivity index (χ0n) is 10.2. The third kappa shape index (κ3) is 4.23. The molecule has 1 atom stereocenters. The van der Waals surface area contributed by atoms with Gasteiger partial charge in [0.1, 0.15) is 5.78 Å². The van der Waals surface area contributed by atoms with Gasteiger partial charge in [0, 0.05) is 19.1 Å². The highest BCUT2D eigenvalue weighted by Crippen LogP contribution is 2.22. The number of halogens is 1. The molecule has 4 nitrogen and oxygen atoms in total. The quantitative estimate of drug-likeness (QED) is 0.855. The number of rotatable bonds is 4. The molecule has 0 aromatic heterocycles. The summed E-state index contributed by atoms with van der Waals surface area (Å²) in [7, 11) is -2.86. The molecule has 1 aromatic carbocycles. The van der Waals surface area contributed by atoms with Gasteiger partial charge in [0.05, 0.1) is 19.6 Å². The highest BCUT2D eigenvalue weighted by Gasteiger charge is 2.12. The van der Waals surface area contributed by atoms with Crippen molar-refractivity contribution in [3.8, 4) is 0 Å². The zero-order chi connectivity index (χ0) is 13.8. The molecular weight excluding hydrogens is 274 g/mol. The van der Waals surface area contributed by atoms with Crippen LogP contribution in [0.2, 0.25) is 5.02 Å². The number of hydrogen-bond donors (Lipinski definition) is 0. The first-order valence-electron chi connectivity index (χ1n) is 5.32. The van der Waals surface area contributed by atoms with E-state index in [4.69, 9.17) is 11.6 Å². The molecule has 1 aromatic rings. The van der Waals surface area contributed by atoms with Gasteiger partial charge in [-0.15, -0.1) is 0 Å². The molecule has 1 rings (SSSR count). The normalized spacial score (nSPS) is 13.7. The van der Waals surface area contributed by atoms with E-state index in [0.29, 0.717) is 9.92 Å². The van der Waals surface area contributed by atoms with E-state index < -0.39 is 15.6 Å². The Hall–Kier alpha value is -1.20. The van der Waals surface area contributed by atoms with Crippen LogP contribution >= 0.6 is 11.6 Å². The lowest BCUT2D eigenvalue weighted by Crippen LogP contribution is -2.05. The molecule has 1 amide bonds. The molecule has 0 saturated carbocycles. The lowest BCUT2D eigenvalue weighted by atomic mass is 10.2. The smallest absolute Gasteiger partial charge is 0.254 e. The van der Waals surface area contributed by atoms with Crippen molar-refractivity contribution in [1.82, 2.24) is 0 Å². The summed E-state index contributed by atoms with van der Waals surface area (Å²) in [5.74, 6) is -0.642. The van der Waals surface area contributed by atoms with Gasteiger partial charge in [0.15, 0.2) is 0 Å². The van der Waals surface area contributed by atoms with E-state index in [1.165, 1.54) is 13.2 Å². The van der Waals surface area contributed by atoms with Crippen molar-refractivity contribution in [2.45, 2.75) is 24.7 Å². The molecular formula is C12H14ClNO3S. The summed E-state index contributed by atoms with van der Waals surface area (Å²) in [6.07, 6.45) is 1.45. The van der Waals surface area contributed by atoms with Crippen LogP contribution in [0.5, 0.6) is 0 Å². The van der Waals surface area contributed by atoms with Crippen LogP contribution in [-0.4, -0.2) is 22.2 Å². The summed E-state index contributed by atoms with van der Waals surface area (Å²) in [6.45, 7) is 1.39. The fourth-order valence-corrected chi connectivity index (χ4v) is 3.23. The predicted octanol–water partition coefficient (Wildman–Crippen LogP) is 2.69. The van der Waals surface area contributed by atoms with Gasteiger partial charge in [0.2, 0.25) is 0 Å². The predicted molar refractivity (Wildman–Crippen MR) is 71.1 cm³/mol. The fraction of sp³-hybridized carbons (Fsp3) is 0.333. The first kappa shape index (κ1) is 14.9. The highest BCUT2D eigenvalue weighted by atomic mass is 35.5. The maximum atomic E-state index is 12.3. The van der Waals surface area contributed by atoms with E-state index in [1.807, 2.05) is 0 Å². The average molecular weight is 288 g/mol. The van der Waals surface area contributed by atoms with Crippen LogP contribution in [0.3, 0.4) is 0 Å². The second-order valence-electron chi connectivity index (χ2n) is 3.92. The number of ketones is 1. The standard InChI is InChI=1S/C12H14ClNO3S/c1-9(15)7-8-12(16)14-18(2,17)11-6-4-3-5-10(11)13/h3-6H,7-8H2,1-2H3. The topological polar surface area (TPSA) is 63.6 Å². The number of carbonyl (C=O) groups excluding carboxylic acids is 2. The van der Waals surface area contributed by atoms with Gasteiger partial charge in [-0.3, -0.25) is 4.79 Å². The minimum Gasteiger partial charge on any atom is -0.300 e. The van der Waals surface area contributed by atoms with Gasteiger partial charge in [-0.2, -0.15) is 4.36 Å². The molecule has 0 aliphatic rings. The molecule has 0 N–H and O–H groups in total. The van der Waals surface area contributed by atoms with Gasteiger partial charge < -0.3 is 4.79 Å². The monoisotopic (exact) mass is 287 g/mol. The van der Waals surface area contributed by atoms with Crippen LogP contribution in [0.1, 0.15) is 19.8 Å². The SMILES string of the molecule is CC(=O)CCC(=O)N=S(C)(=O)c1ccccc1Cl. The van der Waals surface area contributed by atoms with Gasteiger partial charge >= 0.3 is 0 Å². The second-order valence-corrected chi connectivity index (χ2v) is 6.55. The largest absolute Gasteiger partial charge is 0.300 e. The van der Waals surface area contributed by atoms with E-state index in [9.17, 15) is 13.8 Å². The number of carbonyl (C=O) groups is 2. The van der Waals surface area contributed by atoms with Gasteiger partial charge in [-0.1, -0.05) is 23.7 Å². The minimum atomic E-state index is -2.86. The summed E-state index contributed by atoms with van der Waals surface area (Å²) in [5, 5.41) is 0.313. The van der Waals surface area contributed by atoms with Crippen LogP contribution in [0.15, 0.2) is 33.5 Å². The summed E-state index contributed by atoms with van der Waals surface area (Å²) < 4.78 is 16.0. The van der Waals surface area contributed by atoms with Crippen LogP contribution in [-0.2, 0) is 19.3 Å². The van der Waals surface area contributed by atoms with Crippen molar-refractivity contribution in [2.24, 2.45) is 4.36 Å². The number of Topliss-reactive ketones (excluding diaryl/α,β-unsaturated/α-hetero) is 1. The molecule has 0 radical (unpaired) electrons. The minimum absolute atomic E-state index is 0.0232. The Bertz CT molecular complexity index is 589. The number of hydrogen-bond acceptors (Lipinski definition) is 3. The molecule has 98 valence electrons. The van der Waals surface area contributed by atoms with Crippen molar-refractivity contribution >= 4 is 33.0 Å². The third-order valence-corrected chi connectivity index (χ3v) is 4.38. The molecule has 0 aliphatic carbocycles. The van der Waals surface area contributed by atoms with Crippen molar-refractivity contribution in [3.63, 3.8) is 0 Å². The van der Waals surface area contributed by atoms with Crippen LogP contribution in [0.4, 0.5) is 0 Å². The molecule has 6 heteroatoms. The maximum Gasteiger partial charge on any atom is 0.254 e. The van der Waals surface area contributed by atoms with Gasteiger partial charge in [-0.05, 0) is 19.1 Å². The fourth-order valence-electron chi connectivity index (χ4n) is 1.32. The van der Waals surface area contributed by atoms with Crippen LogP contribution < -0.4 is 0 Å². The Labute approximate surface area is 112 Å². The van der Waals surface area contributed by atoms with Crippen molar-refractivity contribution in [1.29, 1.82) is 0 Å². The summed E-state index contributed by atoms with van der Waals surface area (Å²) >= 11 is 5.92. The number of amides is 1. The highest BCUT2D eigenvalue weighted by molar-refractivity contribution is 7.93. The molecule has 0 spiro atoms. The average Bonchev–Trinajstić information content (AvgIpc) is 2.26. The molecule has 18 heavy (non-hydrogen) atoms. The van der Waals surface area contributed by atoms with E-state index in [0.717, 1.165) is 0 Å². The Morgan fingerprint density at radius 3 is 2.44 bits per heavy atom. The second kappa shape index (κ2) is 6.11. The summed E-state index contributed by atoms with van der Waals surface area (Å²) in [6, 6.07) is 6.56. The third-order valence-electron chi connectivity index (χ3n) is 2.21. The Balaban J connectivity index is 3.00. The summed E-state index contributed by atoms with van der Waals surface area (Å²) in [4.78, 5) is 22.6. The Morgan fingerprint density at radius 2 is 1.89 bits per heavy atom. The molecule has 0 saturated heterocycles. The molecule has 0 bridgehead atoms. The number of nitrogens with zero attached hydrogens (tertiary/aromatic N) is 1. The Kier molecular flexibility index (Phi) is 5.04. The molecule has 0 aliphatic heterocycles. The van der Waals surface area contributed by atoms with Crippen molar-refractivity contribution in [2.75, 3.05) is 6.26 Å². The number of benzene rings is 1. The zero-order valence-corrected chi connectivity index (χ0v) is 11.8. The van der Waals surface area contributed by atoms with Gasteiger partial charge in [-0.25, -0.2) is 4.21 Å². The van der Waals surface area contributed by atoms with Gasteiger partial charge in [0.25, 0.3) is 5.91 Å². The van der Waals surface area contributed by atoms with E-state index in [-0.39, 0.29) is 18.6 Å². The van der Waals surface area contributed by atoms with Crippen LogP contribution in [0.25, 0.3) is 0 Å². The van der Waals surface area contributed by atoms with E-state index >= 15 is 0 Å². The molecule has 0 fully saturated rings. The lowest BCUT2D eigenvalue weighted by Gasteiger charge is -2.05. The molecule has 0 heterocycles. The van der Waals surface area contributed by atoms with Crippen molar-refractivity contribution < 1.29 is 13.8 Å². The first-order valence-corrected chi connectivity index (χ1v) is 7.62. The first-order chi connectivity index (χ1) is 8.33. The molecule has 1 unspecified atom stereocenters. The Morgan fingerprint density at radius 1 is 1.28 bits per heavy atom. The summed E-state index contributed by atoms with van der Waals surface area (Å²) in [5.41, 5.74) is 0. The van der Waals surface area contributed by atoms with E-state index in [1.54, 1.807) is 24.3 Å². The lowest BCUT2D eigenvalue weighted by molar-refractivity contribution is -0.122.